The Morgan fingerprint density at radius 3 is 2.74 bits per heavy atom. The van der Waals surface area contributed by atoms with Crippen molar-refractivity contribution in [1.29, 1.82) is 0 Å². The summed E-state index contributed by atoms with van der Waals surface area (Å²) in [5, 5.41) is 0. The maximum absolute atomic E-state index is 13.2. The second-order valence-corrected chi connectivity index (χ2v) is 7.36. The monoisotopic (exact) mass is 361 g/mol. The molecule has 138 valence electrons. The number of hydrogen-bond donors (Lipinski definition) is 0. The number of imidazole rings is 2. The van der Waals surface area contributed by atoms with Crippen LogP contribution in [0.2, 0.25) is 0 Å². The van der Waals surface area contributed by atoms with Gasteiger partial charge in [-0.1, -0.05) is 25.5 Å². The third-order valence-corrected chi connectivity index (χ3v) is 5.45. The van der Waals surface area contributed by atoms with Crippen LogP contribution >= 0.6 is 0 Å². The van der Waals surface area contributed by atoms with Crippen molar-refractivity contribution < 1.29 is 0 Å². The normalized spacial score (nSPS) is 14.4. The number of hydrogen-bond acceptors (Lipinski definition) is 3. The standard InChI is InChI=1S/C21H23N5O/c1-2-3-12-24-17-7-5-4-6-16(17)23-20(24)14-25-19-13-22-11-10-18(19)26(21(25)27)15-8-9-15/h4-7,10-11,13,15H,2-3,8-9,12,14H2,1H3. The van der Waals surface area contributed by atoms with Crippen LogP contribution in [-0.2, 0) is 13.1 Å². The van der Waals surface area contributed by atoms with Gasteiger partial charge in [0, 0.05) is 18.8 Å². The lowest BCUT2D eigenvalue weighted by Gasteiger charge is -2.09. The molecule has 0 atom stereocenters. The molecule has 0 saturated heterocycles. The topological polar surface area (TPSA) is 57.6 Å². The molecule has 1 aliphatic rings. The van der Waals surface area contributed by atoms with Crippen molar-refractivity contribution in [3.8, 4) is 0 Å². The lowest BCUT2D eigenvalue weighted by Crippen LogP contribution is -2.25. The summed E-state index contributed by atoms with van der Waals surface area (Å²) >= 11 is 0. The Kier molecular flexibility index (Phi) is 3.85. The second-order valence-electron chi connectivity index (χ2n) is 7.36. The number of nitrogens with zero attached hydrogens (tertiary/aromatic N) is 5. The minimum atomic E-state index is 0.0506. The molecule has 0 unspecified atom stereocenters. The zero-order valence-electron chi connectivity index (χ0n) is 15.5. The van der Waals surface area contributed by atoms with Crippen molar-refractivity contribution in [3.63, 3.8) is 0 Å². The number of benzene rings is 1. The van der Waals surface area contributed by atoms with Crippen LogP contribution in [0.15, 0.2) is 47.5 Å². The van der Waals surface area contributed by atoms with E-state index in [0.717, 1.165) is 60.1 Å². The van der Waals surface area contributed by atoms with Crippen LogP contribution in [-0.4, -0.2) is 23.7 Å². The number of rotatable bonds is 6. The summed E-state index contributed by atoms with van der Waals surface area (Å²) in [5.74, 6) is 0.936. The summed E-state index contributed by atoms with van der Waals surface area (Å²) in [5.41, 5.74) is 4.05. The summed E-state index contributed by atoms with van der Waals surface area (Å²) in [7, 11) is 0. The van der Waals surface area contributed by atoms with Crippen molar-refractivity contribution >= 4 is 22.1 Å². The first-order valence-electron chi connectivity index (χ1n) is 9.77. The average Bonchev–Trinajstić information content (AvgIpc) is 3.41. The Labute approximate surface area is 157 Å². The van der Waals surface area contributed by atoms with E-state index in [0.29, 0.717) is 12.6 Å². The minimum absolute atomic E-state index is 0.0506. The maximum atomic E-state index is 13.2. The van der Waals surface area contributed by atoms with Gasteiger partial charge in [0.15, 0.2) is 0 Å². The fraction of sp³-hybridized carbons (Fsp3) is 0.381. The summed E-state index contributed by atoms with van der Waals surface area (Å²) in [6.07, 6.45) is 7.94. The maximum Gasteiger partial charge on any atom is 0.329 e. The van der Waals surface area contributed by atoms with Gasteiger partial charge in [-0.05, 0) is 37.5 Å². The SMILES string of the molecule is CCCCn1c(Cn2c(=O)n(C3CC3)c3ccncc32)nc2ccccc21. The molecule has 3 heterocycles. The van der Waals surface area contributed by atoms with Crippen LogP contribution in [0, 0.1) is 0 Å². The van der Waals surface area contributed by atoms with Gasteiger partial charge in [0.2, 0.25) is 0 Å². The fourth-order valence-electron chi connectivity index (χ4n) is 3.92. The summed E-state index contributed by atoms with van der Waals surface area (Å²) < 4.78 is 6.04. The van der Waals surface area contributed by atoms with Gasteiger partial charge >= 0.3 is 5.69 Å². The zero-order chi connectivity index (χ0) is 18.4. The van der Waals surface area contributed by atoms with E-state index >= 15 is 0 Å². The van der Waals surface area contributed by atoms with E-state index in [1.54, 1.807) is 12.4 Å². The molecule has 0 spiro atoms. The van der Waals surface area contributed by atoms with Gasteiger partial charge in [-0.15, -0.1) is 0 Å². The third-order valence-electron chi connectivity index (χ3n) is 5.45. The molecule has 4 aromatic rings. The molecule has 1 fully saturated rings. The molecule has 0 amide bonds. The van der Waals surface area contributed by atoms with Crippen LogP contribution in [0.25, 0.3) is 22.1 Å². The van der Waals surface area contributed by atoms with E-state index in [1.807, 2.05) is 33.4 Å². The van der Waals surface area contributed by atoms with Crippen LogP contribution in [0.4, 0.5) is 0 Å². The highest BCUT2D eigenvalue weighted by Crippen LogP contribution is 2.36. The number of unbranched alkanes of at least 4 members (excludes halogenated alkanes) is 1. The second kappa shape index (κ2) is 6.37. The Hall–Kier alpha value is -2.89. The van der Waals surface area contributed by atoms with Gasteiger partial charge in [-0.25, -0.2) is 9.78 Å². The predicted octanol–water partition coefficient (Wildman–Crippen LogP) is 3.73. The van der Waals surface area contributed by atoms with Crippen molar-refractivity contribution in [3.05, 3.63) is 59.0 Å². The van der Waals surface area contributed by atoms with E-state index in [4.69, 9.17) is 4.98 Å². The van der Waals surface area contributed by atoms with E-state index < -0.39 is 0 Å². The van der Waals surface area contributed by atoms with Crippen LogP contribution in [0.1, 0.15) is 44.5 Å². The Morgan fingerprint density at radius 2 is 1.93 bits per heavy atom. The van der Waals surface area contributed by atoms with Crippen LogP contribution < -0.4 is 5.69 Å². The molecule has 1 aliphatic carbocycles. The predicted molar refractivity (Wildman–Crippen MR) is 106 cm³/mol. The molecule has 1 aromatic carbocycles. The van der Waals surface area contributed by atoms with Gasteiger partial charge in [0.25, 0.3) is 0 Å². The molecule has 6 nitrogen and oxygen atoms in total. The first kappa shape index (κ1) is 16.3. The highest BCUT2D eigenvalue weighted by molar-refractivity contribution is 5.77. The smallest absolute Gasteiger partial charge is 0.326 e. The first-order chi connectivity index (χ1) is 13.3. The van der Waals surface area contributed by atoms with Gasteiger partial charge in [-0.2, -0.15) is 0 Å². The average molecular weight is 361 g/mol. The molecule has 1 saturated carbocycles. The molecule has 6 heteroatoms. The Morgan fingerprint density at radius 1 is 1.07 bits per heavy atom. The van der Waals surface area contributed by atoms with E-state index in [1.165, 1.54) is 0 Å². The van der Waals surface area contributed by atoms with Crippen LogP contribution in [0.5, 0.6) is 0 Å². The molecule has 0 aliphatic heterocycles. The summed E-state index contributed by atoms with van der Waals surface area (Å²) in [6, 6.07) is 10.5. The van der Waals surface area contributed by atoms with Gasteiger partial charge in [-0.3, -0.25) is 14.1 Å². The first-order valence-corrected chi connectivity index (χ1v) is 9.77. The largest absolute Gasteiger partial charge is 0.329 e. The number of fused-ring (bicyclic) bond motifs is 2. The molecule has 27 heavy (non-hydrogen) atoms. The molecule has 0 bridgehead atoms. The molecule has 3 aromatic heterocycles. The number of pyridine rings is 1. The lowest BCUT2D eigenvalue weighted by atomic mass is 10.3. The molecule has 5 rings (SSSR count). The molecular weight excluding hydrogens is 338 g/mol. The number of para-hydroxylation sites is 2. The highest BCUT2D eigenvalue weighted by Gasteiger charge is 2.29. The van der Waals surface area contributed by atoms with Crippen molar-refractivity contribution in [2.45, 2.75) is 51.7 Å². The van der Waals surface area contributed by atoms with E-state index in [-0.39, 0.29) is 5.69 Å². The quantitative estimate of drug-likeness (QED) is 0.526. The van der Waals surface area contributed by atoms with Gasteiger partial charge in [0.1, 0.15) is 5.82 Å². The molecule has 0 N–H and O–H groups in total. The Balaban J connectivity index is 1.66. The van der Waals surface area contributed by atoms with E-state index in [2.05, 4.69) is 22.5 Å². The third kappa shape index (κ3) is 2.67. The number of aryl methyl sites for hydroxylation is 1. The van der Waals surface area contributed by atoms with Gasteiger partial charge < -0.3 is 4.57 Å². The van der Waals surface area contributed by atoms with Crippen molar-refractivity contribution in [2.24, 2.45) is 0 Å². The minimum Gasteiger partial charge on any atom is -0.326 e. The molecular formula is C21H23N5O. The number of aromatic nitrogens is 5. The summed E-state index contributed by atoms with van der Waals surface area (Å²) in [4.78, 5) is 22.3. The summed E-state index contributed by atoms with van der Waals surface area (Å²) in [6.45, 7) is 3.58. The molecule has 0 radical (unpaired) electrons. The van der Waals surface area contributed by atoms with Crippen molar-refractivity contribution in [1.82, 2.24) is 23.7 Å². The van der Waals surface area contributed by atoms with Gasteiger partial charge in [0.05, 0.1) is 34.8 Å². The van der Waals surface area contributed by atoms with Crippen LogP contribution in [0.3, 0.4) is 0 Å². The van der Waals surface area contributed by atoms with Crippen molar-refractivity contribution in [2.75, 3.05) is 0 Å². The van der Waals surface area contributed by atoms with E-state index in [9.17, 15) is 4.79 Å². The zero-order valence-corrected chi connectivity index (χ0v) is 15.5. The Bertz CT molecular complexity index is 1180. The highest BCUT2D eigenvalue weighted by atomic mass is 16.1. The lowest BCUT2D eigenvalue weighted by molar-refractivity contribution is 0.588. The fourth-order valence-corrected chi connectivity index (χ4v) is 3.92.